The lowest BCUT2D eigenvalue weighted by molar-refractivity contribution is -0.120. The number of fused-ring (bicyclic) bond motifs is 4. The Kier molecular flexibility index (Phi) is 3.04. The highest BCUT2D eigenvalue weighted by Gasteiger charge is 2.41. The molecule has 2 bridgehead atoms. The number of H-pyrrole nitrogens is 1. The number of piperidine rings is 3. The topological polar surface area (TPSA) is 65.2 Å². The number of Topliss-reactive ketones (excluding diaryl/α,β-unsaturated/α-hetero) is 1. The minimum Gasteiger partial charge on any atom is -0.360 e. The molecular formula is C17H19N3O2. The molecule has 3 aliphatic rings. The molecule has 0 unspecified atom stereocenters. The molecule has 2 aromatic rings. The summed E-state index contributed by atoms with van der Waals surface area (Å²) < 4.78 is 0. The maximum atomic E-state index is 12.5. The highest BCUT2D eigenvalue weighted by molar-refractivity contribution is 6.45. The second-order valence-electron chi connectivity index (χ2n) is 6.40. The summed E-state index contributed by atoms with van der Waals surface area (Å²) in [7, 11) is 0. The van der Waals surface area contributed by atoms with Crippen LogP contribution in [-0.4, -0.2) is 46.7 Å². The van der Waals surface area contributed by atoms with Gasteiger partial charge in [-0.25, -0.2) is 0 Å². The molecule has 5 heteroatoms. The van der Waals surface area contributed by atoms with Gasteiger partial charge in [0.15, 0.2) is 0 Å². The van der Waals surface area contributed by atoms with Crippen LogP contribution in [0.15, 0.2) is 30.5 Å². The minimum absolute atomic E-state index is 0.173. The van der Waals surface area contributed by atoms with Gasteiger partial charge < -0.3 is 15.2 Å². The summed E-state index contributed by atoms with van der Waals surface area (Å²) in [5, 5.41) is 3.85. The van der Waals surface area contributed by atoms with Crippen LogP contribution in [0.4, 0.5) is 0 Å². The summed E-state index contributed by atoms with van der Waals surface area (Å²) in [6.07, 6.45) is 4.47. The Bertz CT molecular complexity index is 727. The second-order valence-corrected chi connectivity index (χ2v) is 6.40. The van der Waals surface area contributed by atoms with E-state index in [0.29, 0.717) is 5.56 Å². The number of para-hydroxylation sites is 1. The third kappa shape index (κ3) is 2.13. The van der Waals surface area contributed by atoms with Crippen LogP contribution in [-0.2, 0) is 4.79 Å². The summed E-state index contributed by atoms with van der Waals surface area (Å²) in [5.74, 6) is -0.917. The van der Waals surface area contributed by atoms with Crippen LogP contribution in [0.1, 0.15) is 29.6 Å². The van der Waals surface area contributed by atoms with Crippen LogP contribution in [0.5, 0.6) is 0 Å². The molecule has 1 aromatic heterocycles. The Balaban J connectivity index is 1.56. The Morgan fingerprint density at radius 2 is 1.77 bits per heavy atom. The molecule has 3 aliphatic heterocycles. The molecule has 5 nitrogen and oxygen atoms in total. The molecule has 1 aromatic carbocycles. The van der Waals surface area contributed by atoms with Crippen LogP contribution in [0.2, 0.25) is 0 Å². The quantitative estimate of drug-likeness (QED) is 0.669. The van der Waals surface area contributed by atoms with Gasteiger partial charge in [-0.2, -0.15) is 0 Å². The minimum atomic E-state index is -0.472. The molecule has 0 spiro atoms. The molecular weight excluding hydrogens is 278 g/mol. The van der Waals surface area contributed by atoms with Crippen molar-refractivity contribution in [3.05, 3.63) is 36.0 Å². The molecule has 0 aliphatic carbocycles. The number of amides is 1. The number of rotatable bonds is 3. The van der Waals surface area contributed by atoms with E-state index >= 15 is 0 Å². The number of carbonyl (C=O) groups is 2. The van der Waals surface area contributed by atoms with E-state index in [0.717, 1.165) is 49.8 Å². The predicted octanol–water partition coefficient (Wildman–Crippen LogP) is 1.71. The van der Waals surface area contributed by atoms with E-state index in [4.69, 9.17) is 0 Å². The van der Waals surface area contributed by atoms with Crippen LogP contribution >= 0.6 is 0 Å². The van der Waals surface area contributed by atoms with E-state index in [1.54, 1.807) is 6.20 Å². The third-order valence-electron chi connectivity index (χ3n) is 5.14. The van der Waals surface area contributed by atoms with Crippen molar-refractivity contribution in [3.63, 3.8) is 0 Å². The fourth-order valence-corrected chi connectivity index (χ4v) is 3.69. The smallest absolute Gasteiger partial charge is 0.292 e. The van der Waals surface area contributed by atoms with E-state index in [-0.39, 0.29) is 5.54 Å². The number of aromatic amines is 1. The molecule has 1 amide bonds. The van der Waals surface area contributed by atoms with Crippen molar-refractivity contribution in [2.45, 2.75) is 24.8 Å². The summed E-state index contributed by atoms with van der Waals surface area (Å²) in [6.45, 7) is 3.05. The van der Waals surface area contributed by atoms with Gasteiger partial charge in [0, 0.05) is 42.3 Å². The van der Waals surface area contributed by atoms with Crippen LogP contribution in [0, 0.1) is 0 Å². The van der Waals surface area contributed by atoms with Gasteiger partial charge in [0.1, 0.15) is 0 Å². The molecule has 114 valence electrons. The Hall–Kier alpha value is -2.14. The molecule has 4 heterocycles. The van der Waals surface area contributed by atoms with Crippen molar-refractivity contribution in [1.82, 2.24) is 15.2 Å². The van der Waals surface area contributed by atoms with Crippen molar-refractivity contribution >= 4 is 22.6 Å². The van der Waals surface area contributed by atoms with Crippen molar-refractivity contribution in [3.8, 4) is 0 Å². The molecule has 0 atom stereocenters. The predicted molar refractivity (Wildman–Crippen MR) is 83.8 cm³/mol. The highest BCUT2D eigenvalue weighted by Crippen LogP contribution is 2.31. The summed E-state index contributed by atoms with van der Waals surface area (Å²) in [4.78, 5) is 30.4. The maximum absolute atomic E-state index is 12.5. The van der Waals surface area contributed by atoms with Gasteiger partial charge in [0.2, 0.25) is 0 Å². The number of carbonyl (C=O) groups excluding carboxylic acids is 2. The van der Waals surface area contributed by atoms with E-state index in [9.17, 15) is 9.59 Å². The normalized spacial score (nSPS) is 27.0. The van der Waals surface area contributed by atoms with Gasteiger partial charge in [-0.1, -0.05) is 18.2 Å². The Morgan fingerprint density at radius 1 is 1.09 bits per heavy atom. The average molecular weight is 297 g/mol. The first kappa shape index (κ1) is 13.5. The van der Waals surface area contributed by atoms with Crippen LogP contribution in [0.3, 0.4) is 0 Å². The lowest BCUT2D eigenvalue weighted by Crippen LogP contribution is -2.61. The molecule has 0 radical (unpaired) electrons. The van der Waals surface area contributed by atoms with Crippen LogP contribution < -0.4 is 5.32 Å². The first-order chi connectivity index (χ1) is 10.7. The van der Waals surface area contributed by atoms with E-state index in [1.165, 1.54) is 0 Å². The van der Waals surface area contributed by atoms with Crippen molar-refractivity contribution in [1.29, 1.82) is 0 Å². The second kappa shape index (κ2) is 4.95. The highest BCUT2D eigenvalue weighted by atomic mass is 16.2. The number of benzene rings is 1. The molecule has 5 rings (SSSR count). The Morgan fingerprint density at radius 3 is 2.50 bits per heavy atom. The van der Waals surface area contributed by atoms with Gasteiger partial charge in [0.25, 0.3) is 11.7 Å². The number of aromatic nitrogens is 1. The number of nitrogens with zero attached hydrogens (tertiary/aromatic N) is 1. The first-order valence-corrected chi connectivity index (χ1v) is 7.82. The van der Waals surface area contributed by atoms with E-state index < -0.39 is 11.7 Å². The lowest BCUT2D eigenvalue weighted by atomic mass is 9.80. The largest absolute Gasteiger partial charge is 0.360 e. The van der Waals surface area contributed by atoms with Gasteiger partial charge in [-0.05, 0) is 25.3 Å². The van der Waals surface area contributed by atoms with Crippen LogP contribution in [0.25, 0.3) is 10.9 Å². The SMILES string of the molecule is O=C(NC12CCN(CC1)CC2)C(=O)c1c[nH]c2ccccc12. The zero-order valence-corrected chi connectivity index (χ0v) is 12.4. The van der Waals surface area contributed by atoms with E-state index in [2.05, 4.69) is 15.2 Å². The number of nitrogens with one attached hydrogen (secondary N) is 2. The number of ketones is 1. The van der Waals surface area contributed by atoms with Gasteiger partial charge in [-0.15, -0.1) is 0 Å². The zero-order valence-electron chi connectivity index (χ0n) is 12.4. The standard InChI is InChI=1S/C17H19N3O2/c21-15(13-11-18-14-4-2-1-3-12(13)14)16(22)19-17-5-8-20(9-6-17)10-7-17/h1-4,11,18H,5-10H2,(H,19,22). The summed E-state index contributed by atoms with van der Waals surface area (Å²) >= 11 is 0. The van der Waals surface area contributed by atoms with E-state index in [1.807, 2.05) is 24.3 Å². The summed E-state index contributed by atoms with van der Waals surface area (Å²) in [5.41, 5.74) is 1.16. The monoisotopic (exact) mass is 297 g/mol. The molecule has 3 saturated heterocycles. The van der Waals surface area contributed by atoms with Crippen molar-refractivity contribution < 1.29 is 9.59 Å². The fourth-order valence-electron chi connectivity index (χ4n) is 3.69. The van der Waals surface area contributed by atoms with Crippen molar-refractivity contribution in [2.24, 2.45) is 0 Å². The van der Waals surface area contributed by atoms with Gasteiger partial charge in [-0.3, -0.25) is 9.59 Å². The van der Waals surface area contributed by atoms with Crippen molar-refractivity contribution in [2.75, 3.05) is 19.6 Å². The zero-order chi connectivity index (χ0) is 15.2. The average Bonchev–Trinajstić information content (AvgIpc) is 2.99. The third-order valence-corrected chi connectivity index (χ3v) is 5.14. The lowest BCUT2D eigenvalue weighted by Gasteiger charge is -2.48. The molecule has 2 N–H and O–H groups in total. The molecule has 0 saturated carbocycles. The maximum Gasteiger partial charge on any atom is 0.292 e. The summed E-state index contributed by atoms with van der Waals surface area (Å²) in [6, 6.07) is 7.55. The van der Waals surface area contributed by atoms with Gasteiger partial charge in [0.05, 0.1) is 5.56 Å². The number of hydrogen-bond acceptors (Lipinski definition) is 3. The Labute approximate surface area is 128 Å². The molecule has 22 heavy (non-hydrogen) atoms. The first-order valence-electron chi connectivity index (χ1n) is 7.82. The number of hydrogen-bond donors (Lipinski definition) is 2. The molecule has 3 fully saturated rings. The van der Waals surface area contributed by atoms with Gasteiger partial charge >= 0.3 is 0 Å². The fraction of sp³-hybridized carbons (Fsp3) is 0.412.